The first-order valence-corrected chi connectivity index (χ1v) is 12.7. The number of aryl methyl sites for hydroxylation is 1. The van der Waals surface area contributed by atoms with E-state index in [9.17, 15) is 9.59 Å². The van der Waals surface area contributed by atoms with Crippen molar-refractivity contribution in [2.75, 3.05) is 22.1 Å². The molecule has 0 spiro atoms. The highest BCUT2D eigenvalue weighted by Gasteiger charge is 2.13. The summed E-state index contributed by atoms with van der Waals surface area (Å²) in [7, 11) is 0. The second kappa shape index (κ2) is 10.2. The zero-order chi connectivity index (χ0) is 24.2. The summed E-state index contributed by atoms with van der Waals surface area (Å²) < 4.78 is 11.3. The van der Waals surface area contributed by atoms with Gasteiger partial charge in [0.15, 0.2) is 11.2 Å². The summed E-state index contributed by atoms with van der Waals surface area (Å²) in [5, 5.41) is 6.62. The number of benzene rings is 3. The molecule has 2 amide bonds. The van der Waals surface area contributed by atoms with Gasteiger partial charge in [0.25, 0.3) is 10.4 Å². The second-order valence-electron chi connectivity index (χ2n) is 7.60. The number of hydrogen-bond acceptors (Lipinski definition) is 8. The summed E-state index contributed by atoms with van der Waals surface area (Å²) in [5.74, 6) is -0.117. The number of thioether (sulfide) groups is 2. The average Bonchev–Trinajstić information content (AvgIpc) is 3.47. The van der Waals surface area contributed by atoms with Crippen LogP contribution in [0.5, 0.6) is 0 Å². The molecule has 5 aromatic rings. The third-order valence-corrected chi connectivity index (χ3v) is 6.65. The Kier molecular flexibility index (Phi) is 6.73. The van der Waals surface area contributed by atoms with Crippen LogP contribution in [-0.2, 0) is 9.59 Å². The summed E-state index contributed by atoms with van der Waals surface area (Å²) in [4.78, 5) is 33.7. The summed E-state index contributed by atoms with van der Waals surface area (Å²) in [5.41, 5.74) is 4.96. The predicted molar refractivity (Wildman–Crippen MR) is 138 cm³/mol. The van der Waals surface area contributed by atoms with E-state index in [0.29, 0.717) is 33.0 Å². The van der Waals surface area contributed by atoms with Crippen molar-refractivity contribution in [2.24, 2.45) is 0 Å². The smallest absolute Gasteiger partial charge is 0.257 e. The lowest BCUT2D eigenvalue weighted by atomic mass is 10.2. The molecular weight excluding hydrogens is 484 g/mol. The molecule has 0 radical (unpaired) electrons. The quantitative estimate of drug-likeness (QED) is 0.258. The molecule has 0 saturated heterocycles. The van der Waals surface area contributed by atoms with Crippen LogP contribution >= 0.6 is 23.5 Å². The van der Waals surface area contributed by atoms with Crippen molar-refractivity contribution < 1.29 is 18.4 Å². The molecule has 3 aromatic carbocycles. The van der Waals surface area contributed by atoms with E-state index in [1.54, 1.807) is 12.1 Å². The number of nitrogens with one attached hydrogen (secondary N) is 2. The van der Waals surface area contributed by atoms with Crippen molar-refractivity contribution in [1.82, 2.24) is 9.97 Å². The molecule has 2 N–H and O–H groups in total. The van der Waals surface area contributed by atoms with E-state index >= 15 is 0 Å². The Hall–Kier alpha value is -3.76. The van der Waals surface area contributed by atoms with Gasteiger partial charge in [-0.2, -0.15) is 0 Å². The van der Waals surface area contributed by atoms with Crippen LogP contribution in [0.2, 0.25) is 0 Å². The Labute approximate surface area is 208 Å². The highest BCUT2D eigenvalue weighted by molar-refractivity contribution is 8.00. The number of oxazole rings is 2. The molecule has 0 atom stereocenters. The second-order valence-corrected chi connectivity index (χ2v) is 9.45. The number of anilines is 2. The van der Waals surface area contributed by atoms with E-state index in [1.165, 1.54) is 23.5 Å². The number of rotatable bonds is 8. The van der Waals surface area contributed by atoms with Crippen LogP contribution in [0.4, 0.5) is 11.4 Å². The largest absolute Gasteiger partial charge is 0.431 e. The lowest BCUT2D eigenvalue weighted by Gasteiger charge is -2.11. The van der Waals surface area contributed by atoms with Crippen molar-refractivity contribution in [3.63, 3.8) is 0 Å². The minimum Gasteiger partial charge on any atom is -0.431 e. The van der Waals surface area contributed by atoms with Crippen LogP contribution < -0.4 is 10.6 Å². The third-order valence-electron chi connectivity index (χ3n) is 5.00. The molecule has 0 fully saturated rings. The summed E-state index contributed by atoms with van der Waals surface area (Å²) >= 11 is 2.44. The highest BCUT2D eigenvalue weighted by atomic mass is 32.2. The Bertz CT molecular complexity index is 1460. The fraction of sp³-hybridized carbons (Fsp3) is 0.120. The number of carbonyl (C=O) groups excluding carboxylic acids is 2. The molecule has 0 unspecified atom stereocenters. The average molecular weight is 505 g/mol. The maximum atomic E-state index is 12.5. The first kappa shape index (κ1) is 23.0. The lowest BCUT2D eigenvalue weighted by molar-refractivity contribution is -0.114. The van der Waals surface area contributed by atoms with Crippen LogP contribution in [-0.4, -0.2) is 33.3 Å². The zero-order valence-electron chi connectivity index (χ0n) is 18.6. The summed E-state index contributed by atoms with van der Waals surface area (Å²) in [6.07, 6.45) is 0. The monoisotopic (exact) mass is 504 g/mol. The van der Waals surface area contributed by atoms with E-state index < -0.39 is 0 Å². The minimum absolute atomic E-state index is 0.142. The SMILES string of the molecule is Cc1ccc(NC(=O)CSc2nc3ccccc3o2)cc1NC(=O)CSc1nc2ccccc2o1. The molecule has 8 nitrogen and oxygen atoms in total. The first-order chi connectivity index (χ1) is 17.0. The Morgan fingerprint density at radius 2 is 1.31 bits per heavy atom. The number of fused-ring (bicyclic) bond motifs is 2. The maximum absolute atomic E-state index is 12.5. The van der Waals surface area contributed by atoms with E-state index in [1.807, 2.05) is 61.5 Å². The van der Waals surface area contributed by atoms with Crippen LogP contribution in [0.3, 0.4) is 0 Å². The van der Waals surface area contributed by atoms with Crippen molar-refractivity contribution in [3.8, 4) is 0 Å². The van der Waals surface area contributed by atoms with Gasteiger partial charge in [-0.3, -0.25) is 9.59 Å². The molecule has 2 heterocycles. The van der Waals surface area contributed by atoms with Gasteiger partial charge in [-0.15, -0.1) is 0 Å². The standard InChI is InChI=1S/C25H20N4O4S2/c1-15-10-11-16(26-22(30)13-34-24-28-17-6-2-4-8-20(17)32-24)12-19(15)27-23(31)14-35-25-29-18-7-3-5-9-21(18)33-25/h2-12H,13-14H2,1H3,(H,26,30)(H,27,31). The van der Waals surface area contributed by atoms with Crippen LogP contribution in [0.1, 0.15) is 5.56 Å². The Morgan fingerprint density at radius 3 is 1.89 bits per heavy atom. The van der Waals surface area contributed by atoms with E-state index in [0.717, 1.165) is 16.6 Å². The summed E-state index contributed by atoms with van der Waals surface area (Å²) in [6.45, 7) is 1.89. The van der Waals surface area contributed by atoms with Gasteiger partial charge in [-0.05, 0) is 48.9 Å². The first-order valence-electron chi connectivity index (χ1n) is 10.7. The van der Waals surface area contributed by atoms with Crippen molar-refractivity contribution in [1.29, 1.82) is 0 Å². The number of amides is 2. The van der Waals surface area contributed by atoms with Gasteiger partial charge >= 0.3 is 0 Å². The van der Waals surface area contributed by atoms with Crippen LogP contribution in [0.15, 0.2) is 86.0 Å². The normalized spacial score (nSPS) is 11.1. The van der Waals surface area contributed by atoms with E-state index in [2.05, 4.69) is 20.6 Å². The molecule has 10 heteroatoms. The number of nitrogens with zero attached hydrogens (tertiary/aromatic N) is 2. The van der Waals surface area contributed by atoms with Gasteiger partial charge in [0.1, 0.15) is 11.0 Å². The van der Waals surface area contributed by atoms with Gasteiger partial charge in [-0.25, -0.2) is 9.97 Å². The van der Waals surface area contributed by atoms with Gasteiger partial charge in [-0.1, -0.05) is 53.9 Å². The zero-order valence-corrected chi connectivity index (χ0v) is 20.2. The fourth-order valence-electron chi connectivity index (χ4n) is 3.30. The molecule has 2 aromatic heterocycles. The Balaban J connectivity index is 1.15. The number of aromatic nitrogens is 2. The molecular formula is C25H20N4O4S2. The Morgan fingerprint density at radius 1 is 0.771 bits per heavy atom. The maximum Gasteiger partial charge on any atom is 0.257 e. The number of carbonyl (C=O) groups is 2. The van der Waals surface area contributed by atoms with Crippen LogP contribution in [0, 0.1) is 6.92 Å². The molecule has 0 aliphatic carbocycles. The van der Waals surface area contributed by atoms with E-state index in [-0.39, 0.29) is 23.3 Å². The molecule has 176 valence electrons. The molecule has 0 bridgehead atoms. The highest BCUT2D eigenvalue weighted by Crippen LogP contribution is 2.26. The molecule has 0 aliphatic heterocycles. The minimum atomic E-state index is -0.204. The van der Waals surface area contributed by atoms with Crippen molar-refractivity contribution in [2.45, 2.75) is 17.4 Å². The van der Waals surface area contributed by atoms with Crippen LogP contribution in [0.25, 0.3) is 22.2 Å². The van der Waals surface area contributed by atoms with Gasteiger partial charge in [0.05, 0.1) is 11.5 Å². The molecule has 35 heavy (non-hydrogen) atoms. The predicted octanol–water partition coefficient (Wildman–Crippen LogP) is 5.74. The third kappa shape index (κ3) is 5.67. The molecule has 0 saturated carbocycles. The van der Waals surface area contributed by atoms with Gasteiger partial charge < -0.3 is 19.5 Å². The van der Waals surface area contributed by atoms with Crippen molar-refractivity contribution >= 4 is 68.9 Å². The van der Waals surface area contributed by atoms with Crippen molar-refractivity contribution in [3.05, 3.63) is 72.3 Å². The summed E-state index contributed by atoms with van der Waals surface area (Å²) in [6, 6.07) is 20.3. The number of hydrogen-bond donors (Lipinski definition) is 2. The molecule has 0 aliphatic rings. The van der Waals surface area contributed by atoms with Gasteiger partial charge in [0, 0.05) is 11.4 Å². The topological polar surface area (TPSA) is 110 Å². The molecule has 5 rings (SSSR count). The van der Waals surface area contributed by atoms with Gasteiger partial charge in [0.2, 0.25) is 11.8 Å². The lowest BCUT2D eigenvalue weighted by Crippen LogP contribution is -2.17. The number of para-hydroxylation sites is 4. The fourth-order valence-corrected chi connectivity index (χ4v) is 4.57. The van der Waals surface area contributed by atoms with E-state index in [4.69, 9.17) is 8.83 Å².